The highest BCUT2D eigenvalue weighted by Gasteiger charge is 2.19. The lowest BCUT2D eigenvalue weighted by Gasteiger charge is -1.97. The van der Waals surface area contributed by atoms with E-state index in [-0.39, 0.29) is 0 Å². The van der Waals surface area contributed by atoms with Crippen LogP contribution < -0.4 is 5.32 Å². The van der Waals surface area contributed by atoms with Gasteiger partial charge in [0.05, 0.1) is 11.8 Å². The maximum atomic E-state index is 4.18. The molecule has 0 saturated heterocycles. The van der Waals surface area contributed by atoms with E-state index in [4.69, 9.17) is 0 Å². The third-order valence-corrected chi connectivity index (χ3v) is 3.59. The largest absolute Gasteiger partial charge is 0.314 e. The molecule has 0 radical (unpaired) electrons. The number of hydrogen-bond donors (Lipinski definition) is 2. The molecule has 0 aromatic carbocycles. The summed E-state index contributed by atoms with van der Waals surface area (Å²) in [6.45, 7) is 1.00. The number of hydrogen-bond acceptors (Lipinski definition) is 5. The Morgan fingerprint density at radius 2 is 2.38 bits per heavy atom. The van der Waals surface area contributed by atoms with Crippen molar-refractivity contribution in [1.82, 2.24) is 25.7 Å². The van der Waals surface area contributed by atoms with Gasteiger partial charge in [0, 0.05) is 25.2 Å². The molecule has 3 rings (SSSR count). The Kier molecular flexibility index (Phi) is 2.67. The zero-order chi connectivity index (χ0) is 10.8. The summed E-state index contributed by atoms with van der Waals surface area (Å²) in [4.78, 5) is 0. The minimum absolute atomic E-state index is 0.765. The van der Waals surface area contributed by atoms with Crippen LogP contribution in [0.15, 0.2) is 12.4 Å². The normalized spacial score (nSPS) is 15.5. The van der Waals surface area contributed by atoms with Crippen molar-refractivity contribution in [3.05, 3.63) is 17.4 Å². The van der Waals surface area contributed by atoms with Gasteiger partial charge in [-0.1, -0.05) is 11.3 Å². The first-order valence-electron chi connectivity index (χ1n) is 5.47. The maximum absolute atomic E-state index is 4.18. The Hall–Kier alpha value is -1.27. The Balaban J connectivity index is 1.59. The molecule has 0 spiro atoms. The van der Waals surface area contributed by atoms with Gasteiger partial charge in [0.15, 0.2) is 5.01 Å². The van der Waals surface area contributed by atoms with Crippen molar-refractivity contribution in [2.75, 3.05) is 6.54 Å². The minimum Gasteiger partial charge on any atom is -0.314 e. The van der Waals surface area contributed by atoms with Crippen molar-refractivity contribution in [3.8, 4) is 10.6 Å². The average Bonchev–Trinajstić information content (AvgIpc) is 2.83. The highest BCUT2D eigenvalue weighted by Crippen LogP contribution is 2.22. The summed E-state index contributed by atoms with van der Waals surface area (Å²) in [5.41, 5.74) is 1.01. The summed E-state index contributed by atoms with van der Waals surface area (Å²) < 4.78 is 0. The molecule has 1 aliphatic rings. The van der Waals surface area contributed by atoms with E-state index in [2.05, 4.69) is 25.7 Å². The van der Waals surface area contributed by atoms with Crippen molar-refractivity contribution < 1.29 is 0 Å². The van der Waals surface area contributed by atoms with E-state index in [1.807, 2.05) is 6.20 Å². The molecule has 0 aliphatic heterocycles. The summed E-state index contributed by atoms with van der Waals surface area (Å²) in [6, 6.07) is 0.765. The lowest BCUT2D eigenvalue weighted by molar-refractivity contribution is 0.677. The monoisotopic (exact) mass is 235 g/mol. The maximum Gasteiger partial charge on any atom is 0.150 e. The van der Waals surface area contributed by atoms with Crippen molar-refractivity contribution >= 4 is 11.3 Å². The molecule has 16 heavy (non-hydrogen) atoms. The standard InChI is InChI=1S/C10H13N5S/c1-2-8(1)11-4-3-9-14-15-10(16-9)7-5-12-13-6-7/h5-6,8,11H,1-4H2,(H,12,13). The average molecular weight is 235 g/mol. The lowest BCUT2D eigenvalue weighted by Crippen LogP contribution is -2.19. The van der Waals surface area contributed by atoms with Crippen LogP contribution in [0.4, 0.5) is 0 Å². The van der Waals surface area contributed by atoms with E-state index in [1.54, 1.807) is 17.5 Å². The summed E-state index contributed by atoms with van der Waals surface area (Å²) in [5, 5.41) is 20.5. The first kappa shape index (κ1) is 9.92. The second-order valence-electron chi connectivity index (χ2n) is 3.97. The van der Waals surface area contributed by atoms with Gasteiger partial charge >= 0.3 is 0 Å². The van der Waals surface area contributed by atoms with E-state index in [1.165, 1.54) is 12.8 Å². The molecule has 2 N–H and O–H groups in total. The van der Waals surface area contributed by atoms with E-state index in [0.29, 0.717) is 0 Å². The van der Waals surface area contributed by atoms with Gasteiger partial charge in [-0.3, -0.25) is 5.10 Å². The number of aromatic nitrogens is 4. The predicted octanol–water partition coefficient (Wildman–Crippen LogP) is 1.22. The molecule has 1 saturated carbocycles. The minimum atomic E-state index is 0.765. The van der Waals surface area contributed by atoms with E-state index >= 15 is 0 Å². The third-order valence-electron chi connectivity index (χ3n) is 2.56. The van der Waals surface area contributed by atoms with E-state index in [0.717, 1.165) is 34.6 Å². The van der Waals surface area contributed by atoms with Gasteiger partial charge in [-0.2, -0.15) is 5.10 Å². The van der Waals surface area contributed by atoms with Crippen LogP contribution in [0.3, 0.4) is 0 Å². The fourth-order valence-corrected chi connectivity index (χ4v) is 2.33. The van der Waals surface area contributed by atoms with Crippen molar-refractivity contribution in [2.45, 2.75) is 25.3 Å². The summed E-state index contributed by atoms with van der Waals surface area (Å²) >= 11 is 1.64. The molecule has 2 aromatic rings. The second-order valence-corrected chi connectivity index (χ2v) is 5.03. The van der Waals surface area contributed by atoms with Gasteiger partial charge in [-0.15, -0.1) is 10.2 Å². The Morgan fingerprint density at radius 3 is 3.12 bits per heavy atom. The highest BCUT2D eigenvalue weighted by molar-refractivity contribution is 7.14. The fourth-order valence-electron chi connectivity index (χ4n) is 1.51. The zero-order valence-corrected chi connectivity index (χ0v) is 9.63. The molecular formula is C10H13N5S. The molecule has 0 amide bonds. The molecule has 0 bridgehead atoms. The van der Waals surface area contributed by atoms with Crippen LogP contribution in [0.2, 0.25) is 0 Å². The quantitative estimate of drug-likeness (QED) is 0.818. The smallest absolute Gasteiger partial charge is 0.150 e. The molecule has 5 nitrogen and oxygen atoms in total. The van der Waals surface area contributed by atoms with E-state index < -0.39 is 0 Å². The Bertz CT molecular complexity index is 445. The van der Waals surface area contributed by atoms with Crippen LogP contribution in [0.5, 0.6) is 0 Å². The SMILES string of the molecule is c1n[nH]cc1-c1nnc(CCNC2CC2)s1. The molecular weight excluding hydrogens is 222 g/mol. The first-order chi connectivity index (χ1) is 7.92. The fraction of sp³-hybridized carbons (Fsp3) is 0.500. The lowest BCUT2D eigenvalue weighted by atomic mass is 10.4. The second kappa shape index (κ2) is 4.31. The number of nitrogens with one attached hydrogen (secondary N) is 2. The summed E-state index contributed by atoms with van der Waals surface area (Å²) in [7, 11) is 0. The van der Waals surface area contributed by atoms with Gasteiger partial charge in [0.1, 0.15) is 5.01 Å². The molecule has 2 aromatic heterocycles. The van der Waals surface area contributed by atoms with Crippen LogP contribution in [0.1, 0.15) is 17.8 Å². The van der Waals surface area contributed by atoms with Gasteiger partial charge in [-0.25, -0.2) is 0 Å². The third kappa shape index (κ3) is 2.28. The number of H-pyrrole nitrogens is 1. The van der Waals surface area contributed by atoms with E-state index in [9.17, 15) is 0 Å². The summed E-state index contributed by atoms with van der Waals surface area (Å²) in [6.07, 6.45) is 7.23. The topological polar surface area (TPSA) is 66.5 Å². The van der Waals surface area contributed by atoms with Gasteiger partial charge in [0.25, 0.3) is 0 Å². The molecule has 0 unspecified atom stereocenters. The molecule has 2 heterocycles. The molecule has 6 heteroatoms. The Labute approximate surface area is 97.3 Å². The van der Waals surface area contributed by atoms with Crippen LogP contribution in [-0.2, 0) is 6.42 Å². The van der Waals surface area contributed by atoms with Crippen molar-refractivity contribution in [3.63, 3.8) is 0 Å². The van der Waals surface area contributed by atoms with Crippen LogP contribution in [0.25, 0.3) is 10.6 Å². The van der Waals surface area contributed by atoms with Gasteiger partial charge < -0.3 is 5.32 Å². The Morgan fingerprint density at radius 1 is 1.44 bits per heavy atom. The molecule has 84 valence electrons. The number of nitrogens with zero attached hydrogens (tertiary/aromatic N) is 3. The first-order valence-corrected chi connectivity index (χ1v) is 6.28. The molecule has 1 fully saturated rings. The van der Waals surface area contributed by atoms with Crippen molar-refractivity contribution in [2.24, 2.45) is 0 Å². The predicted molar refractivity (Wildman–Crippen MR) is 62.2 cm³/mol. The van der Waals surface area contributed by atoms with Crippen LogP contribution >= 0.6 is 11.3 Å². The van der Waals surface area contributed by atoms with Crippen LogP contribution in [-0.4, -0.2) is 33.0 Å². The zero-order valence-electron chi connectivity index (χ0n) is 8.81. The number of aromatic amines is 1. The highest BCUT2D eigenvalue weighted by atomic mass is 32.1. The number of rotatable bonds is 5. The van der Waals surface area contributed by atoms with Crippen LogP contribution in [0, 0.1) is 0 Å². The summed E-state index contributed by atoms with van der Waals surface area (Å²) in [5.74, 6) is 0. The van der Waals surface area contributed by atoms with Gasteiger partial charge in [0.2, 0.25) is 0 Å². The molecule has 0 atom stereocenters. The van der Waals surface area contributed by atoms with Gasteiger partial charge in [-0.05, 0) is 12.8 Å². The van der Waals surface area contributed by atoms with Crippen molar-refractivity contribution in [1.29, 1.82) is 0 Å². The molecule has 1 aliphatic carbocycles.